The minimum Gasteiger partial charge on any atom is -0.368 e. The van der Waals surface area contributed by atoms with Gasteiger partial charge in [0.1, 0.15) is 0 Å². The fourth-order valence-electron chi connectivity index (χ4n) is 2.94. The zero-order valence-corrected chi connectivity index (χ0v) is 12.3. The van der Waals surface area contributed by atoms with E-state index in [4.69, 9.17) is 0 Å². The molecular formula is C18H22N2. The van der Waals surface area contributed by atoms with Crippen LogP contribution in [-0.4, -0.2) is 19.6 Å². The maximum atomic E-state index is 3.63. The quantitative estimate of drug-likeness (QED) is 0.895. The van der Waals surface area contributed by atoms with Crippen LogP contribution in [0.4, 0.5) is 5.69 Å². The second-order valence-corrected chi connectivity index (χ2v) is 5.65. The highest BCUT2D eigenvalue weighted by Gasteiger charge is 2.21. The summed E-state index contributed by atoms with van der Waals surface area (Å²) in [6, 6.07) is 17.9. The standard InChI is InChI=1S/C18H22N2/c1-14-8-9-15(2)18(12-14)20-11-10-19-17(13-20)16-6-4-3-5-7-16/h3-9,12,17,19H,10-11,13H2,1-2H3. The Labute approximate surface area is 121 Å². The second-order valence-electron chi connectivity index (χ2n) is 5.65. The lowest BCUT2D eigenvalue weighted by atomic mass is 10.0. The Morgan fingerprint density at radius 1 is 1.05 bits per heavy atom. The normalized spacial score (nSPS) is 19.1. The highest BCUT2D eigenvalue weighted by Crippen LogP contribution is 2.26. The lowest BCUT2D eigenvalue weighted by Gasteiger charge is -2.36. The van der Waals surface area contributed by atoms with Crippen molar-refractivity contribution in [2.45, 2.75) is 19.9 Å². The number of rotatable bonds is 2. The molecule has 0 bridgehead atoms. The third kappa shape index (κ3) is 2.70. The van der Waals surface area contributed by atoms with Crippen LogP contribution in [0, 0.1) is 13.8 Å². The average Bonchev–Trinajstić information content (AvgIpc) is 2.51. The maximum absolute atomic E-state index is 3.63. The predicted octanol–water partition coefficient (Wildman–Crippen LogP) is 3.45. The number of hydrogen-bond donors (Lipinski definition) is 1. The number of nitrogens with one attached hydrogen (secondary N) is 1. The number of benzene rings is 2. The van der Waals surface area contributed by atoms with Crippen molar-refractivity contribution in [2.24, 2.45) is 0 Å². The number of piperazine rings is 1. The molecule has 20 heavy (non-hydrogen) atoms. The molecule has 0 amide bonds. The van der Waals surface area contributed by atoms with E-state index >= 15 is 0 Å². The Kier molecular flexibility index (Phi) is 3.75. The van der Waals surface area contributed by atoms with Gasteiger partial charge in [-0.2, -0.15) is 0 Å². The largest absolute Gasteiger partial charge is 0.368 e. The molecule has 0 radical (unpaired) electrons. The maximum Gasteiger partial charge on any atom is 0.0498 e. The summed E-state index contributed by atoms with van der Waals surface area (Å²) in [6.07, 6.45) is 0. The van der Waals surface area contributed by atoms with Crippen LogP contribution < -0.4 is 10.2 Å². The molecule has 1 heterocycles. The number of nitrogens with zero attached hydrogens (tertiary/aromatic N) is 1. The number of hydrogen-bond acceptors (Lipinski definition) is 2. The Hall–Kier alpha value is -1.80. The second kappa shape index (κ2) is 5.68. The van der Waals surface area contributed by atoms with E-state index in [1.807, 2.05) is 0 Å². The summed E-state index contributed by atoms with van der Waals surface area (Å²) in [4.78, 5) is 2.51. The molecule has 1 aliphatic rings. The van der Waals surface area contributed by atoms with E-state index in [0.717, 1.165) is 19.6 Å². The first-order valence-corrected chi connectivity index (χ1v) is 7.34. The molecule has 0 aliphatic carbocycles. The molecule has 104 valence electrons. The topological polar surface area (TPSA) is 15.3 Å². The Balaban J connectivity index is 1.83. The van der Waals surface area contributed by atoms with Crippen LogP contribution in [0.1, 0.15) is 22.7 Å². The SMILES string of the molecule is Cc1ccc(C)c(N2CCNC(c3ccccc3)C2)c1. The van der Waals surface area contributed by atoms with E-state index in [2.05, 4.69) is 72.6 Å². The van der Waals surface area contributed by atoms with Gasteiger partial charge in [-0.05, 0) is 36.6 Å². The first kappa shape index (κ1) is 13.2. The summed E-state index contributed by atoms with van der Waals surface area (Å²) in [6.45, 7) is 7.52. The van der Waals surface area contributed by atoms with Gasteiger partial charge in [0, 0.05) is 31.4 Å². The molecule has 1 N–H and O–H groups in total. The molecule has 1 fully saturated rings. The van der Waals surface area contributed by atoms with Gasteiger partial charge in [-0.1, -0.05) is 42.5 Å². The predicted molar refractivity (Wildman–Crippen MR) is 85.3 cm³/mol. The third-order valence-electron chi connectivity index (χ3n) is 4.08. The van der Waals surface area contributed by atoms with Gasteiger partial charge in [0.15, 0.2) is 0 Å². The molecule has 0 aromatic heterocycles. The van der Waals surface area contributed by atoms with Crippen LogP contribution in [0.15, 0.2) is 48.5 Å². The highest BCUT2D eigenvalue weighted by atomic mass is 15.2. The van der Waals surface area contributed by atoms with Crippen LogP contribution in [0.25, 0.3) is 0 Å². The summed E-state index contributed by atoms with van der Waals surface area (Å²) in [5.74, 6) is 0. The zero-order valence-electron chi connectivity index (χ0n) is 12.3. The molecule has 0 saturated carbocycles. The first-order valence-electron chi connectivity index (χ1n) is 7.34. The van der Waals surface area contributed by atoms with Crippen molar-refractivity contribution in [1.29, 1.82) is 0 Å². The van der Waals surface area contributed by atoms with Crippen LogP contribution >= 0.6 is 0 Å². The average molecular weight is 266 g/mol. The van der Waals surface area contributed by atoms with Gasteiger partial charge in [-0.3, -0.25) is 0 Å². The molecule has 2 nitrogen and oxygen atoms in total. The summed E-state index contributed by atoms with van der Waals surface area (Å²) in [5, 5.41) is 3.63. The lowest BCUT2D eigenvalue weighted by Crippen LogP contribution is -2.46. The van der Waals surface area contributed by atoms with Crippen molar-refractivity contribution in [3.63, 3.8) is 0 Å². The number of aryl methyl sites for hydroxylation is 2. The van der Waals surface area contributed by atoms with Crippen molar-refractivity contribution < 1.29 is 0 Å². The van der Waals surface area contributed by atoms with Crippen molar-refractivity contribution in [2.75, 3.05) is 24.5 Å². The summed E-state index contributed by atoms with van der Waals surface area (Å²) < 4.78 is 0. The van der Waals surface area contributed by atoms with E-state index < -0.39 is 0 Å². The van der Waals surface area contributed by atoms with E-state index in [1.54, 1.807) is 0 Å². The van der Waals surface area contributed by atoms with Crippen molar-refractivity contribution >= 4 is 5.69 Å². The molecule has 1 aliphatic heterocycles. The van der Waals surface area contributed by atoms with Gasteiger partial charge >= 0.3 is 0 Å². The highest BCUT2D eigenvalue weighted by molar-refractivity contribution is 5.55. The lowest BCUT2D eigenvalue weighted by molar-refractivity contribution is 0.471. The smallest absolute Gasteiger partial charge is 0.0498 e. The van der Waals surface area contributed by atoms with Gasteiger partial charge in [-0.25, -0.2) is 0 Å². The molecule has 1 atom stereocenters. The van der Waals surface area contributed by atoms with E-state index in [0.29, 0.717) is 6.04 Å². The first-order chi connectivity index (χ1) is 9.74. The molecule has 2 aromatic carbocycles. The van der Waals surface area contributed by atoms with Gasteiger partial charge in [-0.15, -0.1) is 0 Å². The summed E-state index contributed by atoms with van der Waals surface area (Å²) in [7, 11) is 0. The molecular weight excluding hydrogens is 244 g/mol. The third-order valence-corrected chi connectivity index (χ3v) is 4.08. The van der Waals surface area contributed by atoms with Gasteiger partial charge < -0.3 is 10.2 Å². The van der Waals surface area contributed by atoms with Crippen LogP contribution in [0.3, 0.4) is 0 Å². The molecule has 1 saturated heterocycles. The monoisotopic (exact) mass is 266 g/mol. The van der Waals surface area contributed by atoms with E-state index in [9.17, 15) is 0 Å². The minimum absolute atomic E-state index is 0.421. The number of anilines is 1. The zero-order chi connectivity index (χ0) is 13.9. The van der Waals surface area contributed by atoms with Crippen LogP contribution in [-0.2, 0) is 0 Å². The molecule has 2 heteroatoms. The van der Waals surface area contributed by atoms with Gasteiger partial charge in [0.05, 0.1) is 0 Å². The van der Waals surface area contributed by atoms with Crippen molar-refractivity contribution in [1.82, 2.24) is 5.32 Å². The van der Waals surface area contributed by atoms with Crippen molar-refractivity contribution in [3.05, 3.63) is 65.2 Å². The fourth-order valence-corrected chi connectivity index (χ4v) is 2.94. The minimum atomic E-state index is 0.421. The molecule has 1 unspecified atom stereocenters. The summed E-state index contributed by atoms with van der Waals surface area (Å²) in [5.41, 5.74) is 5.46. The Morgan fingerprint density at radius 3 is 2.65 bits per heavy atom. The van der Waals surface area contributed by atoms with E-state index in [-0.39, 0.29) is 0 Å². The van der Waals surface area contributed by atoms with Crippen molar-refractivity contribution in [3.8, 4) is 0 Å². The molecule has 2 aromatic rings. The fraction of sp³-hybridized carbons (Fsp3) is 0.333. The Bertz CT molecular complexity index is 577. The van der Waals surface area contributed by atoms with Gasteiger partial charge in [0.25, 0.3) is 0 Å². The van der Waals surface area contributed by atoms with E-state index in [1.165, 1.54) is 22.4 Å². The van der Waals surface area contributed by atoms with Crippen LogP contribution in [0.2, 0.25) is 0 Å². The molecule has 3 rings (SSSR count). The Morgan fingerprint density at radius 2 is 1.85 bits per heavy atom. The van der Waals surface area contributed by atoms with Gasteiger partial charge in [0.2, 0.25) is 0 Å². The molecule has 0 spiro atoms. The summed E-state index contributed by atoms with van der Waals surface area (Å²) >= 11 is 0. The van der Waals surface area contributed by atoms with Crippen LogP contribution in [0.5, 0.6) is 0 Å².